The van der Waals surface area contributed by atoms with Crippen molar-refractivity contribution in [3.05, 3.63) is 69.0 Å². The minimum Gasteiger partial charge on any atom is -0.423 e. The SMILES string of the molecule is O=c1cc(NCC2CN(C[C@@H]3Cc4ccnc(Cl)c4C3)C2)c2cc(F)ccc2o1. The van der Waals surface area contributed by atoms with Gasteiger partial charge in [-0.15, -0.1) is 0 Å². The molecule has 0 radical (unpaired) electrons. The molecule has 0 saturated carbocycles. The van der Waals surface area contributed by atoms with Crippen molar-refractivity contribution in [2.24, 2.45) is 11.8 Å². The van der Waals surface area contributed by atoms with Gasteiger partial charge < -0.3 is 14.6 Å². The topological polar surface area (TPSA) is 58.4 Å². The van der Waals surface area contributed by atoms with E-state index in [0.29, 0.717) is 33.6 Å². The van der Waals surface area contributed by atoms with Crippen LogP contribution in [0.25, 0.3) is 11.0 Å². The second-order valence-corrected chi connectivity index (χ2v) is 8.46. The number of nitrogens with one attached hydrogen (secondary N) is 1. The molecule has 1 saturated heterocycles. The van der Waals surface area contributed by atoms with E-state index in [9.17, 15) is 9.18 Å². The number of anilines is 1. The summed E-state index contributed by atoms with van der Waals surface area (Å²) in [6.45, 7) is 3.83. The van der Waals surface area contributed by atoms with Gasteiger partial charge in [0.2, 0.25) is 0 Å². The highest BCUT2D eigenvalue weighted by Crippen LogP contribution is 2.32. The Morgan fingerprint density at radius 1 is 1.21 bits per heavy atom. The van der Waals surface area contributed by atoms with Crippen LogP contribution in [0, 0.1) is 17.7 Å². The van der Waals surface area contributed by atoms with Gasteiger partial charge in [0.1, 0.15) is 16.6 Å². The van der Waals surface area contributed by atoms with Crippen LogP contribution in [0.1, 0.15) is 11.1 Å². The van der Waals surface area contributed by atoms with E-state index < -0.39 is 5.63 Å². The van der Waals surface area contributed by atoms with Gasteiger partial charge >= 0.3 is 5.63 Å². The van der Waals surface area contributed by atoms with E-state index in [4.69, 9.17) is 16.0 Å². The van der Waals surface area contributed by atoms with E-state index in [0.717, 1.165) is 39.0 Å². The predicted molar refractivity (Wildman–Crippen MR) is 111 cm³/mol. The Morgan fingerprint density at radius 3 is 2.90 bits per heavy atom. The number of pyridine rings is 1. The van der Waals surface area contributed by atoms with Gasteiger partial charge in [0.05, 0.1) is 5.69 Å². The van der Waals surface area contributed by atoms with Crippen molar-refractivity contribution in [2.45, 2.75) is 12.8 Å². The van der Waals surface area contributed by atoms with Crippen LogP contribution in [-0.2, 0) is 12.8 Å². The number of rotatable bonds is 5. The Balaban J connectivity index is 1.16. The van der Waals surface area contributed by atoms with Gasteiger partial charge in [0.15, 0.2) is 0 Å². The van der Waals surface area contributed by atoms with E-state index in [2.05, 4.69) is 21.3 Å². The average molecular weight is 414 g/mol. The average Bonchev–Trinajstić information content (AvgIpc) is 3.08. The first-order valence-electron chi connectivity index (χ1n) is 9.87. The summed E-state index contributed by atoms with van der Waals surface area (Å²) in [6, 6.07) is 7.65. The fourth-order valence-electron chi connectivity index (χ4n) is 4.57. The molecule has 1 fully saturated rings. The van der Waals surface area contributed by atoms with Crippen molar-refractivity contribution >= 4 is 28.3 Å². The van der Waals surface area contributed by atoms with Gasteiger partial charge in [-0.2, -0.15) is 0 Å². The number of hydrogen-bond donors (Lipinski definition) is 1. The quantitative estimate of drug-likeness (QED) is 0.510. The number of fused-ring (bicyclic) bond motifs is 2. The van der Waals surface area contributed by atoms with Gasteiger partial charge in [0, 0.05) is 49.7 Å². The summed E-state index contributed by atoms with van der Waals surface area (Å²) in [5, 5.41) is 4.55. The summed E-state index contributed by atoms with van der Waals surface area (Å²) in [5.41, 5.74) is 3.12. The molecule has 1 N–H and O–H groups in total. The van der Waals surface area contributed by atoms with Gasteiger partial charge in [-0.1, -0.05) is 11.6 Å². The molecular formula is C22H21ClFN3O2. The minimum absolute atomic E-state index is 0.350. The molecule has 2 aliphatic rings. The van der Waals surface area contributed by atoms with Gasteiger partial charge in [-0.3, -0.25) is 0 Å². The van der Waals surface area contributed by atoms with Crippen molar-refractivity contribution in [3.63, 3.8) is 0 Å². The molecule has 3 heterocycles. The Kier molecular flexibility index (Phi) is 4.76. The van der Waals surface area contributed by atoms with Gasteiger partial charge in [-0.05, 0) is 54.2 Å². The molecule has 0 amide bonds. The molecule has 1 aromatic carbocycles. The highest BCUT2D eigenvalue weighted by Gasteiger charge is 2.31. The summed E-state index contributed by atoms with van der Waals surface area (Å²) < 4.78 is 18.7. The van der Waals surface area contributed by atoms with E-state index in [1.54, 1.807) is 6.20 Å². The zero-order chi connectivity index (χ0) is 20.0. The van der Waals surface area contributed by atoms with Crippen LogP contribution >= 0.6 is 11.6 Å². The Morgan fingerprint density at radius 2 is 2.07 bits per heavy atom. The zero-order valence-corrected chi connectivity index (χ0v) is 16.6. The van der Waals surface area contributed by atoms with Crippen LogP contribution in [0.4, 0.5) is 10.1 Å². The predicted octanol–water partition coefficient (Wildman–Crippen LogP) is 3.74. The number of benzene rings is 1. The van der Waals surface area contributed by atoms with Gasteiger partial charge in [-0.25, -0.2) is 14.2 Å². The molecule has 150 valence electrons. The summed E-state index contributed by atoms with van der Waals surface area (Å²) in [6.07, 6.45) is 3.85. The fourth-order valence-corrected chi connectivity index (χ4v) is 4.82. The second kappa shape index (κ2) is 7.43. The zero-order valence-electron chi connectivity index (χ0n) is 15.8. The molecule has 3 aromatic rings. The van der Waals surface area contributed by atoms with E-state index in [-0.39, 0.29) is 5.82 Å². The van der Waals surface area contributed by atoms with E-state index in [1.165, 1.54) is 35.4 Å². The summed E-state index contributed by atoms with van der Waals surface area (Å²) in [7, 11) is 0. The number of halogens is 2. The lowest BCUT2D eigenvalue weighted by Gasteiger charge is -2.41. The molecule has 1 aliphatic carbocycles. The Labute approximate surface area is 172 Å². The summed E-state index contributed by atoms with van der Waals surface area (Å²) in [4.78, 5) is 18.4. The summed E-state index contributed by atoms with van der Waals surface area (Å²) >= 11 is 6.22. The van der Waals surface area contributed by atoms with Crippen LogP contribution in [0.3, 0.4) is 0 Å². The largest absolute Gasteiger partial charge is 0.423 e. The number of hydrogen-bond acceptors (Lipinski definition) is 5. The monoisotopic (exact) mass is 413 g/mol. The fraction of sp³-hybridized carbons (Fsp3) is 0.364. The highest BCUT2D eigenvalue weighted by molar-refractivity contribution is 6.30. The molecule has 0 bridgehead atoms. The maximum Gasteiger partial charge on any atom is 0.338 e. The van der Waals surface area contributed by atoms with Crippen molar-refractivity contribution in [1.82, 2.24) is 9.88 Å². The lowest BCUT2D eigenvalue weighted by molar-refractivity contribution is 0.0904. The van der Waals surface area contributed by atoms with Crippen LogP contribution in [0.5, 0.6) is 0 Å². The molecule has 0 spiro atoms. The lowest BCUT2D eigenvalue weighted by Crippen LogP contribution is -2.51. The first-order valence-corrected chi connectivity index (χ1v) is 10.2. The third kappa shape index (κ3) is 3.74. The molecule has 5 rings (SSSR count). The Bertz CT molecular complexity index is 1130. The van der Waals surface area contributed by atoms with Crippen LogP contribution in [0.2, 0.25) is 5.15 Å². The number of aromatic nitrogens is 1. The Hall–Kier alpha value is -2.44. The molecule has 29 heavy (non-hydrogen) atoms. The molecule has 1 aliphatic heterocycles. The maximum atomic E-state index is 13.6. The normalized spacial score (nSPS) is 19.3. The van der Waals surface area contributed by atoms with E-state index >= 15 is 0 Å². The maximum absolute atomic E-state index is 13.6. The number of nitrogens with zero attached hydrogens (tertiary/aromatic N) is 2. The molecule has 0 unspecified atom stereocenters. The van der Waals surface area contributed by atoms with Crippen LogP contribution < -0.4 is 10.9 Å². The third-order valence-electron chi connectivity index (χ3n) is 5.94. The highest BCUT2D eigenvalue weighted by atomic mass is 35.5. The smallest absolute Gasteiger partial charge is 0.338 e. The minimum atomic E-state index is -0.434. The second-order valence-electron chi connectivity index (χ2n) is 8.10. The van der Waals surface area contributed by atoms with Crippen molar-refractivity contribution in [3.8, 4) is 0 Å². The third-order valence-corrected chi connectivity index (χ3v) is 6.26. The molecular weight excluding hydrogens is 393 g/mol. The summed E-state index contributed by atoms with van der Waals surface area (Å²) in [5.74, 6) is 0.739. The van der Waals surface area contributed by atoms with Crippen molar-refractivity contribution < 1.29 is 8.81 Å². The molecule has 7 heteroatoms. The van der Waals surface area contributed by atoms with E-state index in [1.807, 2.05) is 0 Å². The van der Waals surface area contributed by atoms with Crippen molar-refractivity contribution in [2.75, 3.05) is 31.5 Å². The number of likely N-dealkylation sites (tertiary alicyclic amines) is 1. The lowest BCUT2D eigenvalue weighted by atomic mass is 9.96. The molecule has 5 nitrogen and oxygen atoms in total. The first-order chi connectivity index (χ1) is 14.0. The van der Waals surface area contributed by atoms with Gasteiger partial charge in [0.25, 0.3) is 0 Å². The molecule has 1 atom stereocenters. The standard InChI is InChI=1S/C22H21ClFN3O2/c23-22-17-6-13(5-15(17)3-4-25-22)10-27-11-14(12-27)9-26-19-8-21(28)29-20-2-1-16(24)7-18(19)20/h1-4,7-8,13-14,26H,5-6,9-12H2/t13-/m1/s1. The molecule has 2 aromatic heterocycles. The van der Waals surface area contributed by atoms with Crippen LogP contribution in [-0.4, -0.2) is 36.1 Å². The van der Waals surface area contributed by atoms with Crippen LogP contribution in [0.15, 0.2) is 45.7 Å². The first kappa shape index (κ1) is 18.6. The van der Waals surface area contributed by atoms with Crippen molar-refractivity contribution in [1.29, 1.82) is 0 Å².